The number of rotatable bonds is 7. The number of amides is 1. The summed E-state index contributed by atoms with van der Waals surface area (Å²) in [6.07, 6.45) is 0.385. The summed E-state index contributed by atoms with van der Waals surface area (Å²) in [6.45, 7) is 0.282. The van der Waals surface area contributed by atoms with E-state index < -0.39 is 16.7 Å². The Morgan fingerprint density at radius 2 is 1.78 bits per heavy atom. The molecule has 3 N–H and O–H groups in total. The van der Waals surface area contributed by atoms with Crippen molar-refractivity contribution >= 4 is 17.3 Å². The molecule has 2 rings (SSSR count). The predicted molar refractivity (Wildman–Crippen MR) is 84.4 cm³/mol. The number of nitro groups is 1. The molecule has 23 heavy (non-hydrogen) atoms. The van der Waals surface area contributed by atoms with E-state index in [1.54, 1.807) is 24.3 Å². The highest BCUT2D eigenvalue weighted by molar-refractivity contribution is 5.77. The first kappa shape index (κ1) is 16.4. The van der Waals surface area contributed by atoms with Crippen LogP contribution in [0.15, 0.2) is 48.5 Å². The maximum Gasteiger partial charge on any atom is 0.269 e. The molecule has 1 amide bonds. The van der Waals surface area contributed by atoms with Crippen molar-refractivity contribution in [3.8, 4) is 0 Å². The summed E-state index contributed by atoms with van der Waals surface area (Å²) in [5.41, 5.74) is 6.85. The van der Waals surface area contributed by atoms with Gasteiger partial charge in [-0.2, -0.15) is 0 Å². The molecule has 1 atom stereocenters. The van der Waals surface area contributed by atoms with Gasteiger partial charge in [0.2, 0.25) is 5.91 Å². The number of hydrogen-bond acceptors (Lipinski definition) is 4. The quantitative estimate of drug-likeness (QED) is 0.605. The van der Waals surface area contributed by atoms with Gasteiger partial charge in [0.15, 0.2) is 0 Å². The number of nitrogens with one attached hydrogen (secondary N) is 1. The number of benzene rings is 2. The molecule has 0 aliphatic rings. The summed E-state index contributed by atoms with van der Waals surface area (Å²) < 4.78 is 12.9. The maximum atomic E-state index is 12.9. The van der Waals surface area contributed by atoms with Crippen LogP contribution < -0.4 is 11.1 Å². The SMILES string of the molecule is NC(=O)C(CNc1ccc([N+](=O)[O-])cc1)Cc1ccc(F)cc1. The molecule has 0 fully saturated rings. The number of halogens is 1. The van der Waals surface area contributed by atoms with Gasteiger partial charge in [0.05, 0.1) is 10.8 Å². The van der Waals surface area contributed by atoms with Crippen molar-refractivity contribution in [2.75, 3.05) is 11.9 Å². The lowest BCUT2D eigenvalue weighted by Gasteiger charge is -2.15. The molecular weight excluding hydrogens is 301 g/mol. The Bertz CT molecular complexity index is 687. The Morgan fingerprint density at radius 3 is 2.30 bits per heavy atom. The fourth-order valence-corrected chi connectivity index (χ4v) is 2.12. The summed E-state index contributed by atoms with van der Waals surface area (Å²) in [5, 5.41) is 13.6. The van der Waals surface area contributed by atoms with Gasteiger partial charge in [-0.05, 0) is 36.2 Å². The minimum Gasteiger partial charge on any atom is -0.384 e. The number of nitro benzene ring substituents is 1. The second-order valence-corrected chi connectivity index (χ2v) is 5.11. The van der Waals surface area contributed by atoms with E-state index in [0.29, 0.717) is 12.1 Å². The molecule has 2 aromatic carbocycles. The Kier molecular flexibility index (Phi) is 5.24. The van der Waals surface area contributed by atoms with Crippen molar-refractivity contribution in [2.24, 2.45) is 11.7 Å². The molecule has 0 spiro atoms. The molecule has 7 heteroatoms. The average molecular weight is 317 g/mol. The molecule has 6 nitrogen and oxygen atoms in total. The number of nitrogens with zero attached hydrogens (tertiary/aromatic N) is 1. The van der Waals surface area contributed by atoms with Gasteiger partial charge >= 0.3 is 0 Å². The van der Waals surface area contributed by atoms with E-state index in [4.69, 9.17) is 5.73 Å². The summed E-state index contributed by atoms with van der Waals surface area (Å²) in [6, 6.07) is 11.8. The second-order valence-electron chi connectivity index (χ2n) is 5.11. The molecule has 0 saturated heterocycles. The Balaban J connectivity index is 1.98. The highest BCUT2D eigenvalue weighted by atomic mass is 19.1. The number of carbonyl (C=O) groups excluding carboxylic acids is 1. The number of primary amides is 1. The highest BCUT2D eigenvalue weighted by Gasteiger charge is 2.16. The van der Waals surface area contributed by atoms with E-state index in [-0.39, 0.29) is 18.0 Å². The maximum absolute atomic E-state index is 12.9. The standard InChI is InChI=1S/C16H16FN3O3/c17-13-3-1-11(2-4-13)9-12(16(18)21)10-19-14-5-7-15(8-6-14)20(22)23/h1-8,12,19H,9-10H2,(H2,18,21). The van der Waals surface area contributed by atoms with E-state index in [2.05, 4.69) is 5.32 Å². The first-order valence-electron chi connectivity index (χ1n) is 6.98. The smallest absolute Gasteiger partial charge is 0.269 e. The number of nitrogens with two attached hydrogens (primary N) is 1. The van der Waals surface area contributed by atoms with Crippen molar-refractivity contribution in [3.63, 3.8) is 0 Å². The topological polar surface area (TPSA) is 98.3 Å². The van der Waals surface area contributed by atoms with Gasteiger partial charge in [-0.15, -0.1) is 0 Å². The third-order valence-corrected chi connectivity index (χ3v) is 3.43. The number of anilines is 1. The van der Waals surface area contributed by atoms with Crippen molar-refractivity contribution in [3.05, 3.63) is 70.0 Å². The molecule has 2 aromatic rings. The van der Waals surface area contributed by atoms with E-state index >= 15 is 0 Å². The van der Waals surface area contributed by atoms with Crippen LogP contribution in [0.4, 0.5) is 15.8 Å². The molecule has 1 unspecified atom stereocenters. The number of carbonyl (C=O) groups is 1. The average Bonchev–Trinajstić information content (AvgIpc) is 2.53. The summed E-state index contributed by atoms with van der Waals surface area (Å²) in [4.78, 5) is 21.7. The zero-order valence-corrected chi connectivity index (χ0v) is 12.2. The molecule has 0 saturated carbocycles. The molecule has 0 aliphatic carbocycles. The fraction of sp³-hybridized carbons (Fsp3) is 0.188. The first-order valence-corrected chi connectivity index (χ1v) is 6.98. The van der Waals surface area contributed by atoms with Crippen LogP contribution in [0.2, 0.25) is 0 Å². The molecule has 0 aliphatic heterocycles. The van der Waals surface area contributed by atoms with Crippen molar-refractivity contribution < 1.29 is 14.1 Å². The number of hydrogen-bond donors (Lipinski definition) is 2. The number of non-ortho nitro benzene ring substituents is 1. The van der Waals surface area contributed by atoms with Crippen molar-refractivity contribution in [2.45, 2.75) is 6.42 Å². The van der Waals surface area contributed by atoms with E-state index in [1.807, 2.05) is 0 Å². The molecular formula is C16H16FN3O3. The van der Waals surface area contributed by atoms with Gasteiger partial charge in [0.1, 0.15) is 5.82 Å². The van der Waals surface area contributed by atoms with Crippen LogP contribution in [-0.2, 0) is 11.2 Å². The minimum absolute atomic E-state index is 0.00619. The lowest BCUT2D eigenvalue weighted by Crippen LogP contribution is -2.31. The van der Waals surface area contributed by atoms with Crippen LogP contribution in [0.25, 0.3) is 0 Å². The Morgan fingerprint density at radius 1 is 1.17 bits per heavy atom. The lowest BCUT2D eigenvalue weighted by molar-refractivity contribution is -0.384. The first-order chi connectivity index (χ1) is 11.0. The Labute approximate surface area is 132 Å². The minimum atomic E-state index is -0.482. The highest BCUT2D eigenvalue weighted by Crippen LogP contribution is 2.17. The van der Waals surface area contributed by atoms with Crippen LogP contribution in [0, 0.1) is 21.8 Å². The van der Waals surface area contributed by atoms with Gasteiger partial charge in [-0.1, -0.05) is 12.1 Å². The van der Waals surface area contributed by atoms with Gasteiger partial charge in [0, 0.05) is 24.4 Å². The van der Waals surface area contributed by atoms with Crippen LogP contribution >= 0.6 is 0 Å². The lowest BCUT2D eigenvalue weighted by atomic mass is 9.98. The van der Waals surface area contributed by atoms with Crippen LogP contribution in [-0.4, -0.2) is 17.4 Å². The Hall–Kier alpha value is -2.96. The fourth-order valence-electron chi connectivity index (χ4n) is 2.12. The van der Waals surface area contributed by atoms with Crippen LogP contribution in [0.3, 0.4) is 0 Å². The normalized spacial score (nSPS) is 11.7. The van der Waals surface area contributed by atoms with Crippen molar-refractivity contribution in [1.82, 2.24) is 0 Å². The van der Waals surface area contributed by atoms with E-state index in [1.165, 1.54) is 24.3 Å². The van der Waals surface area contributed by atoms with E-state index in [0.717, 1.165) is 5.56 Å². The monoisotopic (exact) mass is 317 g/mol. The van der Waals surface area contributed by atoms with Gasteiger partial charge in [-0.3, -0.25) is 14.9 Å². The predicted octanol–water partition coefficient (Wildman–Crippen LogP) is 2.49. The molecule has 0 heterocycles. The largest absolute Gasteiger partial charge is 0.384 e. The third-order valence-electron chi connectivity index (χ3n) is 3.43. The van der Waals surface area contributed by atoms with Crippen molar-refractivity contribution in [1.29, 1.82) is 0 Å². The van der Waals surface area contributed by atoms with Gasteiger partial charge < -0.3 is 11.1 Å². The molecule has 120 valence electrons. The summed E-state index contributed by atoms with van der Waals surface area (Å²) in [5.74, 6) is -1.28. The van der Waals surface area contributed by atoms with Crippen LogP contribution in [0.1, 0.15) is 5.56 Å². The van der Waals surface area contributed by atoms with Gasteiger partial charge in [0.25, 0.3) is 5.69 Å². The zero-order valence-electron chi connectivity index (χ0n) is 12.2. The van der Waals surface area contributed by atoms with E-state index in [9.17, 15) is 19.3 Å². The second kappa shape index (κ2) is 7.35. The van der Waals surface area contributed by atoms with Gasteiger partial charge in [-0.25, -0.2) is 4.39 Å². The molecule has 0 radical (unpaired) electrons. The summed E-state index contributed by atoms with van der Waals surface area (Å²) in [7, 11) is 0. The van der Waals surface area contributed by atoms with Crippen LogP contribution in [0.5, 0.6) is 0 Å². The third kappa shape index (κ3) is 4.77. The molecule has 0 aromatic heterocycles. The summed E-state index contributed by atoms with van der Waals surface area (Å²) >= 11 is 0. The molecule has 0 bridgehead atoms. The zero-order chi connectivity index (χ0) is 16.8.